The summed E-state index contributed by atoms with van der Waals surface area (Å²) < 4.78 is 61.2. The van der Waals surface area contributed by atoms with Gasteiger partial charge in [0.2, 0.25) is 5.91 Å². The summed E-state index contributed by atoms with van der Waals surface area (Å²) in [6.45, 7) is 4.38. The quantitative estimate of drug-likeness (QED) is 0.830. The van der Waals surface area contributed by atoms with Gasteiger partial charge in [0, 0.05) is 5.92 Å². The summed E-state index contributed by atoms with van der Waals surface area (Å²) in [7, 11) is -5.61. The fourth-order valence-corrected chi connectivity index (χ4v) is 6.10. The van der Waals surface area contributed by atoms with Gasteiger partial charge in [0.05, 0.1) is 0 Å². The van der Waals surface area contributed by atoms with E-state index in [1.165, 1.54) is 4.72 Å². The van der Waals surface area contributed by atoms with E-state index in [1.54, 1.807) is 0 Å². The zero-order valence-corrected chi connectivity index (χ0v) is 14.0. The van der Waals surface area contributed by atoms with Gasteiger partial charge in [-0.15, -0.1) is 0 Å². The zero-order valence-electron chi connectivity index (χ0n) is 13.1. The summed E-state index contributed by atoms with van der Waals surface area (Å²) in [4.78, 5) is 12.3. The number of halogens is 3. The minimum atomic E-state index is -5.61. The molecule has 7 atom stereocenters. The van der Waals surface area contributed by atoms with E-state index < -0.39 is 27.4 Å². The second-order valence-corrected chi connectivity index (χ2v) is 9.25. The van der Waals surface area contributed by atoms with E-state index in [2.05, 4.69) is 13.8 Å². The van der Waals surface area contributed by atoms with Gasteiger partial charge in [0.1, 0.15) is 0 Å². The molecule has 0 heterocycles. The maximum absolute atomic E-state index is 12.5. The zero-order chi connectivity index (χ0) is 17.2. The molecule has 0 aromatic heterocycles. The number of sulfonamides is 1. The molecule has 3 rings (SSSR count). The van der Waals surface area contributed by atoms with Crippen molar-refractivity contribution in [3.63, 3.8) is 0 Å². The van der Waals surface area contributed by atoms with Gasteiger partial charge in [-0.05, 0) is 61.2 Å². The molecule has 1 amide bonds. The Morgan fingerprint density at radius 2 is 1.70 bits per heavy atom. The fraction of sp³-hybridized carbons (Fsp3) is 0.933. The first kappa shape index (κ1) is 17.0. The van der Waals surface area contributed by atoms with E-state index in [9.17, 15) is 26.4 Å². The minimum Gasteiger partial charge on any atom is -0.274 e. The second-order valence-electron chi connectivity index (χ2n) is 7.57. The van der Waals surface area contributed by atoms with Crippen molar-refractivity contribution in [1.29, 1.82) is 0 Å². The van der Waals surface area contributed by atoms with Gasteiger partial charge in [-0.2, -0.15) is 21.6 Å². The Kier molecular flexibility index (Phi) is 3.97. The Hall–Kier alpha value is -0.790. The Morgan fingerprint density at radius 1 is 1.09 bits per heavy atom. The van der Waals surface area contributed by atoms with Gasteiger partial charge >= 0.3 is 15.5 Å². The molecule has 8 heteroatoms. The average molecular weight is 353 g/mol. The minimum absolute atomic E-state index is 0.0228. The lowest BCUT2D eigenvalue weighted by atomic mass is 9.69. The monoisotopic (exact) mass is 353 g/mol. The molecule has 0 aliphatic heterocycles. The van der Waals surface area contributed by atoms with Crippen molar-refractivity contribution in [2.24, 2.45) is 41.4 Å². The fourth-order valence-electron chi connectivity index (χ4n) is 5.56. The number of hydrogen-bond acceptors (Lipinski definition) is 3. The molecule has 0 aromatic rings. The molecule has 4 nitrogen and oxygen atoms in total. The number of fused-ring (bicyclic) bond motifs is 1. The third-order valence-corrected chi connectivity index (χ3v) is 7.61. The van der Waals surface area contributed by atoms with E-state index in [0.29, 0.717) is 36.0 Å². The molecule has 23 heavy (non-hydrogen) atoms. The summed E-state index contributed by atoms with van der Waals surface area (Å²) in [5.41, 5.74) is -5.45. The molecular formula is C15H22F3NO3S. The van der Waals surface area contributed by atoms with Crippen LogP contribution in [-0.2, 0) is 14.8 Å². The number of alkyl halides is 3. The van der Waals surface area contributed by atoms with Gasteiger partial charge in [-0.1, -0.05) is 13.8 Å². The summed E-state index contributed by atoms with van der Waals surface area (Å²) in [5, 5.41) is 0. The number of carbonyl (C=O) groups is 1. The predicted molar refractivity (Wildman–Crippen MR) is 77.4 cm³/mol. The summed E-state index contributed by atoms with van der Waals surface area (Å²) in [5.74, 6) is 0.821. The van der Waals surface area contributed by atoms with Crippen molar-refractivity contribution < 1.29 is 26.4 Å². The van der Waals surface area contributed by atoms with Gasteiger partial charge < -0.3 is 0 Å². The second kappa shape index (κ2) is 5.36. The normalized spacial score (nSPS) is 43.3. The number of nitrogens with one attached hydrogen (secondary N) is 1. The number of rotatable bonds is 2. The lowest BCUT2D eigenvalue weighted by Crippen LogP contribution is -2.45. The van der Waals surface area contributed by atoms with Crippen molar-refractivity contribution >= 4 is 15.9 Å². The standard InChI is InChI=1S/C15H22F3NO3S/c1-7-3-4-10(14(20)19-23(21,22)15(16,17)18)11-5-9-6-12(11)13(7)8(9)2/h7-13H,3-6H2,1-2H3,(H,19,20). The van der Waals surface area contributed by atoms with Crippen LogP contribution >= 0.6 is 0 Å². The van der Waals surface area contributed by atoms with Crippen molar-refractivity contribution in [3.05, 3.63) is 0 Å². The molecule has 2 bridgehead atoms. The maximum atomic E-state index is 12.5. The molecule has 0 radical (unpaired) electrons. The largest absolute Gasteiger partial charge is 0.516 e. The predicted octanol–water partition coefficient (Wildman–Crippen LogP) is 2.91. The first-order valence-corrected chi connectivity index (χ1v) is 9.64. The van der Waals surface area contributed by atoms with E-state index >= 15 is 0 Å². The van der Waals surface area contributed by atoms with Crippen molar-refractivity contribution in [2.75, 3.05) is 0 Å². The van der Waals surface area contributed by atoms with E-state index in [0.717, 1.165) is 19.3 Å². The summed E-state index contributed by atoms with van der Waals surface area (Å²) >= 11 is 0. The molecule has 132 valence electrons. The van der Waals surface area contributed by atoms with Crippen molar-refractivity contribution in [3.8, 4) is 0 Å². The highest BCUT2D eigenvalue weighted by Crippen LogP contribution is 2.62. The molecule has 3 saturated carbocycles. The van der Waals surface area contributed by atoms with Crippen LogP contribution in [0.3, 0.4) is 0 Å². The van der Waals surface area contributed by atoms with Gasteiger partial charge in [0.15, 0.2) is 0 Å². The van der Waals surface area contributed by atoms with E-state index in [-0.39, 0.29) is 5.92 Å². The summed E-state index contributed by atoms with van der Waals surface area (Å²) in [6, 6.07) is 0. The topological polar surface area (TPSA) is 63.2 Å². The Bertz CT molecular complexity index is 604. The molecule has 7 unspecified atom stereocenters. The van der Waals surface area contributed by atoms with Crippen LogP contribution in [0.2, 0.25) is 0 Å². The van der Waals surface area contributed by atoms with Crippen molar-refractivity contribution in [1.82, 2.24) is 4.72 Å². The molecule has 3 aliphatic carbocycles. The highest BCUT2D eigenvalue weighted by atomic mass is 32.2. The van der Waals surface area contributed by atoms with Crippen LogP contribution in [0.15, 0.2) is 0 Å². The Balaban J connectivity index is 1.80. The first-order valence-electron chi connectivity index (χ1n) is 8.16. The number of hydrogen-bond donors (Lipinski definition) is 1. The lowest BCUT2D eigenvalue weighted by molar-refractivity contribution is -0.126. The Morgan fingerprint density at radius 3 is 2.26 bits per heavy atom. The lowest BCUT2D eigenvalue weighted by Gasteiger charge is -2.36. The van der Waals surface area contributed by atoms with Gasteiger partial charge in [0.25, 0.3) is 0 Å². The van der Waals surface area contributed by atoms with Gasteiger partial charge in [-0.25, -0.2) is 4.72 Å². The smallest absolute Gasteiger partial charge is 0.274 e. The van der Waals surface area contributed by atoms with Crippen LogP contribution in [0.5, 0.6) is 0 Å². The van der Waals surface area contributed by atoms with Crippen LogP contribution in [0.4, 0.5) is 13.2 Å². The van der Waals surface area contributed by atoms with Crippen LogP contribution in [0.25, 0.3) is 0 Å². The Labute approximate surface area is 134 Å². The van der Waals surface area contributed by atoms with Crippen LogP contribution in [0.1, 0.15) is 39.5 Å². The van der Waals surface area contributed by atoms with Crippen LogP contribution in [-0.4, -0.2) is 19.8 Å². The molecule has 3 fully saturated rings. The first-order chi connectivity index (χ1) is 10.5. The number of carbonyl (C=O) groups excluding carboxylic acids is 1. The third kappa shape index (κ3) is 2.66. The highest BCUT2D eigenvalue weighted by Gasteiger charge is 2.57. The average Bonchev–Trinajstić information content (AvgIpc) is 2.92. The number of amides is 1. The SMILES string of the molecule is CC1CCC(C(=O)NS(=O)(=O)C(F)(F)F)C2CC3CC2C1C3C. The molecule has 0 spiro atoms. The van der Waals surface area contributed by atoms with Crippen LogP contribution in [0, 0.1) is 41.4 Å². The van der Waals surface area contributed by atoms with E-state index in [4.69, 9.17) is 0 Å². The van der Waals surface area contributed by atoms with E-state index in [1.807, 2.05) is 0 Å². The maximum Gasteiger partial charge on any atom is 0.516 e. The molecule has 0 saturated heterocycles. The molecule has 0 aromatic carbocycles. The molecule has 1 N–H and O–H groups in total. The highest BCUT2D eigenvalue weighted by molar-refractivity contribution is 7.90. The van der Waals surface area contributed by atoms with Gasteiger partial charge in [-0.3, -0.25) is 4.79 Å². The molecule has 3 aliphatic rings. The summed E-state index contributed by atoms with van der Waals surface area (Å²) in [6.07, 6.45) is 3.09. The third-order valence-electron chi connectivity index (χ3n) is 6.53. The molecular weight excluding hydrogens is 331 g/mol. The van der Waals surface area contributed by atoms with Crippen molar-refractivity contribution in [2.45, 2.75) is 45.0 Å². The van der Waals surface area contributed by atoms with Crippen LogP contribution < -0.4 is 4.72 Å².